The molecule has 1 aromatic heterocycles. The van der Waals surface area contributed by atoms with E-state index in [0.717, 1.165) is 5.69 Å². The minimum absolute atomic E-state index is 0.392. The van der Waals surface area contributed by atoms with Crippen LogP contribution in [0, 0.1) is 0 Å². The van der Waals surface area contributed by atoms with E-state index in [1.165, 1.54) is 0 Å². The summed E-state index contributed by atoms with van der Waals surface area (Å²) in [4.78, 5) is 5.86. The molecule has 2 rings (SSSR count). The summed E-state index contributed by atoms with van der Waals surface area (Å²) in [5.41, 5.74) is 0.856. The van der Waals surface area contributed by atoms with Crippen molar-refractivity contribution in [2.45, 2.75) is 37.6 Å². The van der Waals surface area contributed by atoms with E-state index in [9.17, 15) is 18.3 Å². The zero-order valence-electron chi connectivity index (χ0n) is 10.5. The van der Waals surface area contributed by atoms with Crippen molar-refractivity contribution in [3.8, 4) is 0 Å². The van der Waals surface area contributed by atoms with E-state index in [1.807, 2.05) is 12.1 Å². The number of halogens is 3. The Hall–Kier alpha value is -1.14. The maximum absolute atomic E-state index is 12.5. The van der Waals surface area contributed by atoms with Gasteiger partial charge in [0, 0.05) is 30.9 Å². The van der Waals surface area contributed by atoms with Gasteiger partial charge in [0.25, 0.3) is 0 Å². The largest absolute Gasteiger partial charge is 0.415 e. The second-order valence-corrected chi connectivity index (χ2v) is 4.80. The van der Waals surface area contributed by atoms with Crippen molar-refractivity contribution in [3.05, 3.63) is 30.1 Å². The highest BCUT2D eigenvalue weighted by Gasteiger charge is 2.46. The molecule has 0 aromatic carbocycles. The van der Waals surface area contributed by atoms with Crippen molar-refractivity contribution in [2.24, 2.45) is 0 Å². The van der Waals surface area contributed by atoms with Crippen molar-refractivity contribution in [2.75, 3.05) is 13.1 Å². The summed E-state index contributed by atoms with van der Waals surface area (Å²) >= 11 is 0. The Morgan fingerprint density at radius 3 is 2.84 bits per heavy atom. The zero-order chi connectivity index (χ0) is 13.9. The molecule has 0 amide bonds. The first-order chi connectivity index (χ1) is 8.98. The summed E-state index contributed by atoms with van der Waals surface area (Å²) in [6.45, 7) is 1.10. The highest BCUT2D eigenvalue weighted by Crippen LogP contribution is 2.30. The first kappa shape index (κ1) is 14.3. The van der Waals surface area contributed by atoms with Gasteiger partial charge in [0.2, 0.25) is 0 Å². The summed E-state index contributed by atoms with van der Waals surface area (Å²) in [6, 6.07) is 4.69. The average Bonchev–Trinajstić information content (AvgIpc) is 2.83. The van der Waals surface area contributed by atoms with Crippen LogP contribution in [0.5, 0.6) is 0 Å². The number of alkyl halides is 3. The average molecular weight is 274 g/mol. The Labute approximate surface area is 110 Å². The van der Waals surface area contributed by atoms with Gasteiger partial charge in [0.15, 0.2) is 6.10 Å². The normalized spacial score (nSPS) is 22.6. The van der Waals surface area contributed by atoms with E-state index >= 15 is 0 Å². The molecular weight excluding hydrogens is 257 g/mol. The summed E-state index contributed by atoms with van der Waals surface area (Å²) < 4.78 is 37.6. The van der Waals surface area contributed by atoms with Gasteiger partial charge in [-0.3, -0.25) is 9.88 Å². The van der Waals surface area contributed by atoms with Gasteiger partial charge in [-0.05, 0) is 31.5 Å². The van der Waals surface area contributed by atoms with Crippen LogP contribution in [-0.2, 0) is 6.42 Å². The number of aliphatic hydroxyl groups excluding tert-OH is 1. The lowest BCUT2D eigenvalue weighted by Crippen LogP contribution is -2.47. The van der Waals surface area contributed by atoms with E-state index in [-0.39, 0.29) is 0 Å². The molecule has 0 bridgehead atoms. The van der Waals surface area contributed by atoms with Gasteiger partial charge in [-0.2, -0.15) is 13.2 Å². The topological polar surface area (TPSA) is 36.4 Å². The van der Waals surface area contributed by atoms with Gasteiger partial charge in [-0.1, -0.05) is 6.07 Å². The number of rotatable bonds is 4. The van der Waals surface area contributed by atoms with Gasteiger partial charge >= 0.3 is 6.18 Å². The molecule has 1 N–H and O–H groups in total. The predicted octanol–water partition coefficient (Wildman–Crippen LogP) is 2.01. The number of nitrogens with zero attached hydrogens (tertiary/aromatic N) is 2. The van der Waals surface area contributed by atoms with Crippen molar-refractivity contribution in [1.29, 1.82) is 0 Å². The lowest BCUT2D eigenvalue weighted by molar-refractivity contribution is -0.219. The van der Waals surface area contributed by atoms with Crippen LogP contribution in [0.25, 0.3) is 0 Å². The SMILES string of the molecule is OC(C1CCCN1CCc1ccccn1)C(F)(F)F. The molecule has 0 radical (unpaired) electrons. The van der Waals surface area contributed by atoms with Gasteiger partial charge in [-0.25, -0.2) is 0 Å². The lowest BCUT2D eigenvalue weighted by atomic mass is 10.1. The molecule has 2 heterocycles. The summed E-state index contributed by atoms with van der Waals surface area (Å²) in [7, 11) is 0. The van der Waals surface area contributed by atoms with E-state index in [4.69, 9.17) is 0 Å². The fourth-order valence-electron chi connectivity index (χ4n) is 2.51. The molecule has 106 valence electrons. The molecule has 3 nitrogen and oxygen atoms in total. The molecule has 6 heteroatoms. The molecule has 2 unspecified atom stereocenters. The number of pyridine rings is 1. The van der Waals surface area contributed by atoms with Crippen molar-refractivity contribution in [1.82, 2.24) is 9.88 Å². The summed E-state index contributed by atoms with van der Waals surface area (Å²) in [5, 5.41) is 9.37. The minimum atomic E-state index is -4.54. The third-order valence-corrected chi connectivity index (χ3v) is 3.50. The number of hydrogen-bond acceptors (Lipinski definition) is 3. The van der Waals surface area contributed by atoms with Crippen LogP contribution in [0.2, 0.25) is 0 Å². The predicted molar refractivity (Wildman–Crippen MR) is 64.6 cm³/mol. The van der Waals surface area contributed by atoms with Crippen LogP contribution in [0.4, 0.5) is 13.2 Å². The molecule has 19 heavy (non-hydrogen) atoms. The van der Waals surface area contributed by atoms with Crippen LogP contribution in [0.3, 0.4) is 0 Å². The molecular formula is C13H17F3N2O. The van der Waals surface area contributed by atoms with E-state index in [2.05, 4.69) is 4.98 Å². The van der Waals surface area contributed by atoms with Gasteiger partial charge in [0.05, 0.1) is 0 Å². The van der Waals surface area contributed by atoms with Crippen LogP contribution in [0.1, 0.15) is 18.5 Å². The highest BCUT2D eigenvalue weighted by molar-refractivity contribution is 5.04. The lowest BCUT2D eigenvalue weighted by Gasteiger charge is -2.29. The molecule has 1 saturated heterocycles. The summed E-state index contributed by atoms with van der Waals surface area (Å²) in [6.07, 6.45) is -3.44. The zero-order valence-corrected chi connectivity index (χ0v) is 10.5. The highest BCUT2D eigenvalue weighted by atomic mass is 19.4. The second kappa shape index (κ2) is 5.88. The molecule has 1 fully saturated rings. The molecule has 1 aliphatic heterocycles. The van der Waals surface area contributed by atoms with Crippen LogP contribution >= 0.6 is 0 Å². The molecule has 0 spiro atoms. The van der Waals surface area contributed by atoms with Crippen LogP contribution in [-0.4, -0.2) is 46.4 Å². The van der Waals surface area contributed by atoms with Gasteiger partial charge in [-0.15, -0.1) is 0 Å². The van der Waals surface area contributed by atoms with Crippen LogP contribution in [0.15, 0.2) is 24.4 Å². The second-order valence-electron chi connectivity index (χ2n) is 4.80. The smallest absolute Gasteiger partial charge is 0.382 e. The van der Waals surface area contributed by atoms with Gasteiger partial charge in [0.1, 0.15) is 0 Å². The Bertz CT molecular complexity index is 397. The fourth-order valence-corrected chi connectivity index (χ4v) is 2.51. The van der Waals surface area contributed by atoms with Crippen molar-refractivity contribution < 1.29 is 18.3 Å². The number of likely N-dealkylation sites (tertiary alicyclic amines) is 1. The Kier molecular flexibility index (Phi) is 4.42. The number of hydrogen-bond donors (Lipinski definition) is 1. The fraction of sp³-hybridized carbons (Fsp3) is 0.615. The third kappa shape index (κ3) is 3.67. The third-order valence-electron chi connectivity index (χ3n) is 3.50. The Morgan fingerprint density at radius 1 is 1.42 bits per heavy atom. The van der Waals surface area contributed by atoms with E-state index in [0.29, 0.717) is 32.4 Å². The minimum Gasteiger partial charge on any atom is -0.382 e. The maximum Gasteiger partial charge on any atom is 0.415 e. The molecule has 1 aliphatic rings. The first-order valence-corrected chi connectivity index (χ1v) is 6.37. The Morgan fingerprint density at radius 2 is 2.21 bits per heavy atom. The van der Waals surface area contributed by atoms with Crippen molar-refractivity contribution >= 4 is 0 Å². The molecule has 1 aromatic rings. The molecule has 0 saturated carbocycles. The first-order valence-electron chi connectivity index (χ1n) is 6.37. The Balaban J connectivity index is 1.92. The number of aliphatic hydroxyl groups is 1. The standard InChI is InChI=1S/C13H17F3N2O/c14-13(15,16)12(19)11-5-3-8-18(11)9-6-10-4-1-2-7-17-10/h1-2,4,7,11-12,19H,3,5-6,8-9H2. The maximum atomic E-state index is 12.5. The van der Waals surface area contributed by atoms with E-state index < -0.39 is 18.3 Å². The monoisotopic (exact) mass is 274 g/mol. The molecule has 2 atom stereocenters. The molecule has 0 aliphatic carbocycles. The van der Waals surface area contributed by atoms with E-state index in [1.54, 1.807) is 17.2 Å². The summed E-state index contributed by atoms with van der Waals surface area (Å²) in [5.74, 6) is 0. The van der Waals surface area contributed by atoms with Gasteiger partial charge < -0.3 is 5.11 Å². The van der Waals surface area contributed by atoms with Crippen LogP contribution < -0.4 is 0 Å². The number of aromatic nitrogens is 1. The quantitative estimate of drug-likeness (QED) is 0.912. The van der Waals surface area contributed by atoms with Crippen molar-refractivity contribution in [3.63, 3.8) is 0 Å².